The molecular formula is C25H26N8OS. The summed E-state index contributed by atoms with van der Waals surface area (Å²) in [5.74, 6) is 0.674. The van der Waals surface area contributed by atoms with Crippen molar-refractivity contribution < 1.29 is 4.79 Å². The van der Waals surface area contributed by atoms with E-state index in [0.717, 1.165) is 70.5 Å². The fourth-order valence-corrected chi connectivity index (χ4v) is 5.22. The number of carbonyl (C=O) groups is 1. The van der Waals surface area contributed by atoms with E-state index in [1.165, 1.54) is 0 Å². The summed E-state index contributed by atoms with van der Waals surface area (Å²) in [6.07, 6.45) is 1.54. The number of thiazole rings is 1. The molecule has 1 fully saturated rings. The Kier molecular flexibility index (Phi) is 5.59. The lowest BCUT2D eigenvalue weighted by Gasteiger charge is -2.31. The summed E-state index contributed by atoms with van der Waals surface area (Å²) in [5.41, 5.74) is 7.95. The van der Waals surface area contributed by atoms with Crippen LogP contribution >= 0.6 is 11.3 Å². The van der Waals surface area contributed by atoms with Gasteiger partial charge in [-0.15, -0.1) is 11.3 Å². The van der Waals surface area contributed by atoms with Crippen LogP contribution < -0.4 is 31.5 Å². The van der Waals surface area contributed by atoms with E-state index in [2.05, 4.69) is 47.5 Å². The Bertz CT molecular complexity index is 1400. The molecule has 1 unspecified atom stereocenters. The van der Waals surface area contributed by atoms with Gasteiger partial charge in [0.2, 0.25) is 0 Å². The highest BCUT2D eigenvalue weighted by molar-refractivity contribution is 7.16. The molecule has 10 heteroatoms. The molecule has 2 aliphatic rings. The minimum Gasteiger partial charge on any atom is -0.368 e. The number of benzene rings is 2. The number of amides is 1. The van der Waals surface area contributed by atoms with Crippen LogP contribution in [0.15, 0.2) is 54.2 Å². The van der Waals surface area contributed by atoms with E-state index in [-0.39, 0.29) is 12.2 Å². The van der Waals surface area contributed by atoms with Crippen molar-refractivity contribution in [2.75, 3.05) is 52.3 Å². The highest BCUT2D eigenvalue weighted by Gasteiger charge is 2.27. The van der Waals surface area contributed by atoms with Crippen molar-refractivity contribution in [2.45, 2.75) is 13.2 Å². The van der Waals surface area contributed by atoms with E-state index < -0.39 is 0 Å². The normalized spacial score (nSPS) is 16.9. The molecule has 0 bridgehead atoms. The summed E-state index contributed by atoms with van der Waals surface area (Å²) in [6, 6.07) is 13.7. The third kappa shape index (κ3) is 4.33. The van der Waals surface area contributed by atoms with Crippen LogP contribution in [0.2, 0.25) is 0 Å². The third-order valence-electron chi connectivity index (χ3n) is 6.32. The van der Waals surface area contributed by atoms with Gasteiger partial charge in [-0.2, -0.15) is 0 Å². The zero-order chi connectivity index (χ0) is 23.8. The molecule has 2 aromatic heterocycles. The lowest BCUT2D eigenvalue weighted by atomic mass is 10.1. The molecule has 9 nitrogen and oxygen atoms in total. The smallest absolute Gasteiger partial charge is 0.257 e. The molecule has 2 aliphatic heterocycles. The molecule has 6 rings (SSSR count). The van der Waals surface area contributed by atoms with Gasteiger partial charge >= 0.3 is 0 Å². The van der Waals surface area contributed by atoms with E-state index >= 15 is 0 Å². The van der Waals surface area contributed by atoms with Crippen LogP contribution in [-0.4, -0.2) is 48.3 Å². The Labute approximate surface area is 207 Å². The van der Waals surface area contributed by atoms with Crippen LogP contribution in [0.25, 0.3) is 10.2 Å². The molecule has 5 N–H and O–H groups in total. The number of hydrogen-bond donors (Lipinski definition) is 5. The molecule has 1 saturated heterocycles. The van der Waals surface area contributed by atoms with Crippen molar-refractivity contribution in [2.24, 2.45) is 0 Å². The van der Waals surface area contributed by atoms with Crippen LogP contribution in [0.3, 0.4) is 0 Å². The molecule has 0 radical (unpaired) electrons. The first-order valence-electron chi connectivity index (χ1n) is 11.6. The number of aryl methyl sites for hydroxylation is 1. The summed E-state index contributed by atoms with van der Waals surface area (Å²) in [7, 11) is 0. The molecule has 4 aromatic rings. The first kappa shape index (κ1) is 21.6. The number of carbonyl (C=O) groups excluding carboxylic acids is 1. The van der Waals surface area contributed by atoms with Crippen LogP contribution in [0.5, 0.6) is 0 Å². The van der Waals surface area contributed by atoms with Crippen molar-refractivity contribution in [1.82, 2.24) is 15.3 Å². The predicted molar refractivity (Wildman–Crippen MR) is 143 cm³/mol. The SMILES string of the molecule is Cc1cccnc1NC1Nc2cc(C(=O)Nc3ccc4ncsc4c3)c(N3CCNCC3)cc2N1. The maximum atomic E-state index is 13.5. The molecule has 0 aliphatic carbocycles. The monoisotopic (exact) mass is 486 g/mol. The maximum Gasteiger partial charge on any atom is 0.257 e. The quantitative estimate of drug-likeness (QED) is 0.289. The second-order valence-electron chi connectivity index (χ2n) is 8.68. The summed E-state index contributed by atoms with van der Waals surface area (Å²) in [4.78, 5) is 24.6. The molecule has 1 atom stereocenters. The molecule has 178 valence electrons. The second kappa shape index (κ2) is 9.05. The van der Waals surface area contributed by atoms with Crippen molar-refractivity contribution in [3.63, 3.8) is 0 Å². The van der Waals surface area contributed by atoms with Gasteiger partial charge < -0.3 is 31.5 Å². The van der Waals surface area contributed by atoms with Gasteiger partial charge in [0.1, 0.15) is 5.82 Å². The molecular weight excluding hydrogens is 460 g/mol. The molecule has 4 heterocycles. The van der Waals surface area contributed by atoms with E-state index in [9.17, 15) is 4.79 Å². The van der Waals surface area contributed by atoms with E-state index in [4.69, 9.17) is 0 Å². The lowest BCUT2D eigenvalue weighted by molar-refractivity contribution is 0.102. The van der Waals surface area contributed by atoms with Gasteiger partial charge in [-0.05, 0) is 48.9 Å². The van der Waals surface area contributed by atoms with Gasteiger partial charge in [-0.1, -0.05) is 6.07 Å². The summed E-state index contributed by atoms with van der Waals surface area (Å²) in [5, 5.41) is 16.8. The summed E-state index contributed by atoms with van der Waals surface area (Å²) in [6.45, 7) is 5.47. The van der Waals surface area contributed by atoms with Gasteiger partial charge in [-0.25, -0.2) is 9.97 Å². The molecule has 0 saturated carbocycles. The van der Waals surface area contributed by atoms with Crippen LogP contribution in [0.4, 0.5) is 28.6 Å². The molecule has 0 spiro atoms. The Morgan fingerprint density at radius 2 is 1.91 bits per heavy atom. The lowest BCUT2D eigenvalue weighted by Crippen LogP contribution is -2.44. The zero-order valence-electron chi connectivity index (χ0n) is 19.3. The number of nitrogens with one attached hydrogen (secondary N) is 5. The molecule has 35 heavy (non-hydrogen) atoms. The average Bonchev–Trinajstić information content (AvgIpc) is 3.51. The van der Waals surface area contributed by atoms with Crippen molar-refractivity contribution >= 4 is 56.0 Å². The van der Waals surface area contributed by atoms with Gasteiger partial charge in [0.15, 0.2) is 6.29 Å². The van der Waals surface area contributed by atoms with E-state index in [1.807, 2.05) is 48.8 Å². The highest BCUT2D eigenvalue weighted by Crippen LogP contribution is 2.37. The first-order chi connectivity index (χ1) is 17.1. The van der Waals surface area contributed by atoms with Gasteiger partial charge in [0.05, 0.1) is 38.4 Å². The Hall–Kier alpha value is -3.89. The Balaban J connectivity index is 1.29. The largest absolute Gasteiger partial charge is 0.368 e. The minimum atomic E-state index is -0.235. The van der Waals surface area contributed by atoms with E-state index in [1.54, 1.807) is 17.5 Å². The Morgan fingerprint density at radius 3 is 2.74 bits per heavy atom. The van der Waals surface area contributed by atoms with Gasteiger partial charge in [-0.3, -0.25) is 4.79 Å². The summed E-state index contributed by atoms with van der Waals surface area (Å²) >= 11 is 1.56. The van der Waals surface area contributed by atoms with Crippen LogP contribution in [0, 0.1) is 6.92 Å². The number of fused-ring (bicyclic) bond motifs is 2. The second-order valence-corrected chi connectivity index (χ2v) is 9.56. The number of rotatable bonds is 5. The highest BCUT2D eigenvalue weighted by atomic mass is 32.1. The number of piperazine rings is 1. The van der Waals surface area contributed by atoms with Crippen LogP contribution in [0.1, 0.15) is 15.9 Å². The number of anilines is 5. The number of nitrogens with zero attached hydrogens (tertiary/aromatic N) is 3. The summed E-state index contributed by atoms with van der Waals surface area (Å²) < 4.78 is 1.05. The fourth-order valence-electron chi connectivity index (χ4n) is 4.50. The first-order valence-corrected chi connectivity index (χ1v) is 12.5. The maximum absolute atomic E-state index is 13.5. The number of pyridine rings is 1. The molecule has 2 aromatic carbocycles. The van der Waals surface area contributed by atoms with Crippen molar-refractivity contribution in [3.05, 3.63) is 65.3 Å². The van der Waals surface area contributed by atoms with E-state index in [0.29, 0.717) is 5.56 Å². The molecule has 1 amide bonds. The third-order valence-corrected chi connectivity index (χ3v) is 7.11. The van der Waals surface area contributed by atoms with Crippen molar-refractivity contribution in [3.8, 4) is 0 Å². The van der Waals surface area contributed by atoms with Gasteiger partial charge in [0.25, 0.3) is 5.91 Å². The van der Waals surface area contributed by atoms with Crippen LogP contribution in [-0.2, 0) is 0 Å². The van der Waals surface area contributed by atoms with Gasteiger partial charge in [0, 0.05) is 38.1 Å². The predicted octanol–water partition coefficient (Wildman–Crippen LogP) is 3.89. The topological polar surface area (TPSA) is 106 Å². The fraction of sp³-hybridized carbons (Fsp3) is 0.240. The number of aromatic nitrogens is 2. The zero-order valence-corrected chi connectivity index (χ0v) is 20.1. The average molecular weight is 487 g/mol. The standard InChI is InChI=1S/C25H26N8OS/c1-15-3-2-6-27-23(15)32-25-30-19-12-17(21(13-20(19)31-25)33-9-7-26-8-10-33)24(34)29-16-4-5-18-22(11-16)35-14-28-18/h2-6,11-14,25-26,30-31H,7-10H2,1H3,(H,27,32)(H,29,34). The number of hydrogen-bond acceptors (Lipinski definition) is 9. The van der Waals surface area contributed by atoms with Crippen molar-refractivity contribution in [1.29, 1.82) is 0 Å². The minimum absolute atomic E-state index is 0.135. The Morgan fingerprint density at radius 1 is 1.09 bits per heavy atom.